The maximum Gasteiger partial charge on any atom is 0.212 e. The molecule has 1 heteroatoms. The molecular weight excluding hydrogens is 302 g/mol. The Morgan fingerprint density at radius 2 is 1.64 bits per heavy atom. The van der Waals surface area contributed by atoms with Gasteiger partial charge in [-0.05, 0) is 53.4 Å². The van der Waals surface area contributed by atoms with Crippen LogP contribution >= 0.6 is 0 Å². The van der Waals surface area contributed by atoms with E-state index >= 15 is 0 Å². The second kappa shape index (κ2) is 7.32. The molecule has 0 amide bonds. The topological polar surface area (TPSA) is 3.88 Å². The van der Waals surface area contributed by atoms with E-state index in [1.165, 1.54) is 33.5 Å². The van der Waals surface area contributed by atoms with E-state index < -0.39 is 0 Å². The van der Waals surface area contributed by atoms with Gasteiger partial charge in [0.2, 0.25) is 5.69 Å². The van der Waals surface area contributed by atoms with Crippen LogP contribution in [0.4, 0.5) is 0 Å². The molecule has 0 bridgehead atoms. The molecule has 0 atom stereocenters. The summed E-state index contributed by atoms with van der Waals surface area (Å²) in [7, 11) is 2.18. The molecule has 0 aliphatic heterocycles. The first-order valence-corrected chi connectivity index (χ1v) is 9.64. The zero-order chi connectivity index (χ0) is 18.9. The van der Waals surface area contributed by atoms with Gasteiger partial charge in [0.05, 0.1) is 0 Å². The van der Waals surface area contributed by atoms with Gasteiger partial charge in [-0.1, -0.05) is 60.6 Å². The van der Waals surface area contributed by atoms with Crippen LogP contribution in [0.3, 0.4) is 0 Å². The molecule has 0 saturated carbocycles. The summed E-state index contributed by atoms with van der Waals surface area (Å²) in [6, 6.07) is 9.37. The summed E-state index contributed by atoms with van der Waals surface area (Å²) in [5, 5.41) is 0. The molecule has 0 aliphatic rings. The zero-order valence-electron chi connectivity index (χ0n) is 17.7. The quantitative estimate of drug-likeness (QED) is 0.592. The molecule has 2 rings (SSSR count). The lowest BCUT2D eigenvalue weighted by molar-refractivity contribution is -0.660. The molecule has 0 spiro atoms. The van der Waals surface area contributed by atoms with Crippen LogP contribution < -0.4 is 4.57 Å². The molecular formula is C24H36N+. The van der Waals surface area contributed by atoms with Crippen molar-refractivity contribution in [1.29, 1.82) is 0 Å². The van der Waals surface area contributed by atoms with Crippen molar-refractivity contribution in [2.24, 2.45) is 13.0 Å². The van der Waals surface area contributed by atoms with Crippen molar-refractivity contribution < 1.29 is 4.57 Å². The molecule has 1 heterocycles. The van der Waals surface area contributed by atoms with Crippen LogP contribution in [0, 0.1) is 12.8 Å². The molecule has 0 unspecified atom stereocenters. The van der Waals surface area contributed by atoms with Crippen molar-refractivity contribution in [3.8, 4) is 11.3 Å². The van der Waals surface area contributed by atoms with E-state index in [0.717, 1.165) is 6.42 Å². The van der Waals surface area contributed by atoms with Crippen LogP contribution in [0.2, 0.25) is 0 Å². The zero-order valence-corrected chi connectivity index (χ0v) is 17.7. The number of nitrogens with zero attached hydrogens (tertiary/aromatic N) is 1. The van der Waals surface area contributed by atoms with Gasteiger partial charge in [-0.2, -0.15) is 0 Å². The second-order valence-electron chi connectivity index (χ2n) is 9.28. The lowest BCUT2D eigenvalue weighted by atomic mass is 9.84. The van der Waals surface area contributed by atoms with Crippen molar-refractivity contribution >= 4 is 0 Å². The first-order chi connectivity index (χ1) is 11.5. The van der Waals surface area contributed by atoms with Gasteiger partial charge in [0.25, 0.3) is 0 Å². The summed E-state index contributed by atoms with van der Waals surface area (Å²) in [6.07, 6.45) is 3.49. The molecule has 0 radical (unpaired) electrons. The summed E-state index contributed by atoms with van der Waals surface area (Å²) >= 11 is 0. The summed E-state index contributed by atoms with van der Waals surface area (Å²) in [5.74, 6) is 1.22. The Bertz CT molecular complexity index is 745. The second-order valence-corrected chi connectivity index (χ2v) is 9.28. The maximum absolute atomic E-state index is 2.42. The van der Waals surface area contributed by atoms with Gasteiger partial charge in [-0.15, -0.1) is 0 Å². The average Bonchev–Trinajstić information content (AvgIpc) is 2.46. The minimum Gasteiger partial charge on any atom is -0.201 e. The van der Waals surface area contributed by atoms with Crippen molar-refractivity contribution in [2.45, 2.75) is 73.1 Å². The fourth-order valence-electron chi connectivity index (χ4n) is 3.55. The molecule has 1 aromatic carbocycles. The minimum atomic E-state index is 0.190. The van der Waals surface area contributed by atoms with Gasteiger partial charge >= 0.3 is 0 Å². The molecule has 0 aliphatic carbocycles. The highest BCUT2D eigenvalue weighted by molar-refractivity contribution is 5.63. The first kappa shape index (κ1) is 19.7. The number of hydrogen-bond acceptors (Lipinski definition) is 0. The number of hydrogen-bond donors (Lipinski definition) is 0. The Hall–Kier alpha value is -1.63. The molecule has 2 aromatic rings. The fourth-order valence-corrected chi connectivity index (χ4v) is 3.55. The van der Waals surface area contributed by atoms with E-state index in [1.54, 1.807) is 0 Å². The van der Waals surface area contributed by atoms with Crippen molar-refractivity contribution in [3.05, 3.63) is 52.7 Å². The molecule has 0 fully saturated rings. The Balaban J connectivity index is 2.58. The SMILES string of the molecule is Cc1cc(C(C)(C)C)ccc1-c1cc(C(C)C)c(CC(C)C)c[n+]1C. The monoisotopic (exact) mass is 338 g/mol. The highest BCUT2D eigenvalue weighted by Gasteiger charge is 2.21. The molecule has 0 saturated heterocycles. The normalized spacial score (nSPS) is 12.3. The first-order valence-electron chi connectivity index (χ1n) is 9.64. The Morgan fingerprint density at radius 3 is 2.12 bits per heavy atom. The summed E-state index contributed by atoms with van der Waals surface area (Å²) in [5.41, 5.74) is 8.57. The van der Waals surface area contributed by atoms with Crippen LogP contribution in [0.25, 0.3) is 11.3 Å². The molecule has 25 heavy (non-hydrogen) atoms. The van der Waals surface area contributed by atoms with E-state index in [1.807, 2.05) is 0 Å². The summed E-state index contributed by atoms with van der Waals surface area (Å²) < 4.78 is 2.31. The lowest BCUT2D eigenvalue weighted by Crippen LogP contribution is -2.32. The number of rotatable bonds is 4. The minimum absolute atomic E-state index is 0.190. The average molecular weight is 339 g/mol. The van der Waals surface area contributed by atoms with Crippen LogP contribution in [0.5, 0.6) is 0 Å². The highest BCUT2D eigenvalue weighted by atomic mass is 14.9. The summed E-state index contributed by atoms with van der Waals surface area (Å²) in [4.78, 5) is 0. The van der Waals surface area contributed by atoms with Crippen LogP contribution in [0.15, 0.2) is 30.5 Å². The molecule has 136 valence electrons. The van der Waals surface area contributed by atoms with Crippen LogP contribution in [-0.2, 0) is 18.9 Å². The molecule has 0 N–H and O–H groups in total. The van der Waals surface area contributed by atoms with Crippen LogP contribution in [-0.4, -0.2) is 0 Å². The standard InChI is InChI=1S/C24H36N/c1-16(2)12-19-15-25(9)23(14-22(19)17(3)4)21-11-10-20(13-18(21)5)24(6,7)8/h10-11,13-17H,12H2,1-9H3/q+1. The third kappa shape index (κ3) is 4.51. The Kier molecular flexibility index (Phi) is 5.76. The lowest BCUT2D eigenvalue weighted by Gasteiger charge is -2.20. The van der Waals surface area contributed by atoms with E-state index in [2.05, 4.69) is 97.5 Å². The smallest absolute Gasteiger partial charge is 0.201 e. The maximum atomic E-state index is 2.42. The van der Waals surface area contributed by atoms with Gasteiger partial charge < -0.3 is 0 Å². The molecule has 1 nitrogen and oxygen atoms in total. The van der Waals surface area contributed by atoms with Gasteiger partial charge in [0, 0.05) is 17.2 Å². The van der Waals surface area contributed by atoms with Gasteiger partial charge in [-0.25, -0.2) is 4.57 Å². The Morgan fingerprint density at radius 1 is 1.00 bits per heavy atom. The van der Waals surface area contributed by atoms with Crippen molar-refractivity contribution in [1.82, 2.24) is 0 Å². The van der Waals surface area contributed by atoms with E-state index in [9.17, 15) is 0 Å². The fraction of sp³-hybridized carbons (Fsp3) is 0.542. The molecule has 1 aromatic heterocycles. The number of aryl methyl sites for hydroxylation is 2. The van der Waals surface area contributed by atoms with E-state index in [0.29, 0.717) is 11.8 Å². The van der Waals surface area contributed by atoms with Crippen molar-refractivity contribution in [2.75, 3.05) is 0 Å². The third-order valence-electron chi connectivity index (χ3n) is 5.01. The third-order valence-corrected chi connectivity index (χ3v) is 5.01. The Labute approximate surface area is 155 Å². The number of benzene rings is 1. The van der Waals surface area contributed by atoms with E-state index in [-0.39, 0.29) is 5.41 Å². The van der Waals surface area contributed by atoms with E-state index in [4.69, 9.17) is 0 Å². The predicted octanol–water partition coefficient (Wildman–Crippen LogP) is 6.11. The number of aromatic nitrogens is 1. The predicted molar refractivity (Wildman–Crippen MR) is 109 cm³/mol. The largest absolute Gasteiger partial charge is 0.212 e. The van der Waals surface area contributed by atoms with Gasteiger partial charge in [-0.3, -0.25) is 0 Å². The highest BCUT2D eigenvalue weighted by Crippen LogP contribution is 2.30. The van der Waals surface area contributed by atoms with Gasteiger partial charge in [0.15, 0.2) is 6.20 Å². The van der Waals surface area contributed by atoms with Gasteiger partial charge in [0.1, 0.15) is 7.05 Å². The van der Waals surface area contributed by atoms with Crippen molar-refractivity contribution in [3.63, 3.8) is 0 Å². The number of pyridine rings is 1. The summed E-state index contributed by atoms with van der Waals surface area (Å²) in [6.45, 7) is 18.3. The van der Waals surface area contributed by atoms with Crippen LogP contribution in [0.1, 0.15) is 76.6 Å².